The van der Waals surface area contributed by atoms with Crippen LogP contribution >= 0.6 is 11.6 Å². The van der Waals surface area contributed by atoms with Crippen LogP contribution in [0.2, 0.25) is 5.02 Å². The molecule has 3 aromatic rings. The van der Waals surface area contributed by atoms with Crippen LogP contribution in [0.25, 0.3) is 0 Å². The number of nitro benzene ring substituents is 1. The molecule has 0 atom stereocenters. The Kier molecular flexibility index (Phi) is 7.88. The topological polar surface area (TPSA) is 124 Å². The highest BCUT2D eigenvalue weighted by molar-refractivity contribution is 6.31. The minimum atomic E-state index is -0.584. The van der Waals surface area contributed by atoms with Crippen molar-refractivity contribution < 1.29 is 23.9 Å². The highest BCUT2D eigenvalue weighted by Gasteiger charge is 2.19. The van der Waals surface area contributed by atoms with Crippen molar-refractivity contribution in [1.82, 2.24) is 5.43 Å². The van der Waals surface area contributed by atoms with Gasteiger partial charge in [0.2, 0.25) is 0 Å². The number of hydrogen-bond acceptors (Lipinski definition) is 8. The van der Waals surface area contributed by atoms with E-state index in [0.29, 0.717) is 22.1 Å². The van der Waals surface area contributed by atoms with E-state index in [0.717, 1.165) is 6.21 Å². The van der Waals surface area contributed by atoms with E-state index >= 15 is 0 Å². The maximum absolute atomic E-state index is 12.8. The van der Waals surface area contributed by atoms with Crippen LogP contribution in [0, 0.1) is 10.1 Å². The van der Waals surface area contributed by atoms with Crippen LogP contribution in [0.3, 0.4) is 0 Å². The molecule has 0 radical (unpaired) electrons. The quantitative estimate of drug-likeness (QED) is 0.254. The highest BCUT2D eigenvalue weighted by atomic mass is 35.5. The summed E-state index contributed by atoms with van der Waals surface area (Å²) in [6.07, 6.45) is 1.15. The molecule has 0 saturated heterocycles. The lowest BCUT2D eigenvalue weighted by molar-refractivity contribution is -0.385. The van der Waals surface area contributed by atoms with Crippen LogP contribution in [0.5, 0.6) is 17.2 Å². The smallest absolute Gasteiger partial charge is 0.282 e. The molecule has 0 fully saturated rings. The standard InChI is InChI=1S/C23H21ClN4O6/c1-32-20-7-5-4-6-17(20)26-18-11-15(24)8-9-16(18)23(29)27-25-13-14-10-21(33-2)22(34-3)12-19(14)28(30)31/h4-13,26H,1-3H3,(H,27,29)/b25-13+. The van der Waals surface area contributed by atoms with E-state index in [4.69, 9.17) is 25.8 Å². The minimum absolute atomic E-state index is 0.117. The van der Waals surface area contributed by atoms with Gasteiger partial charge in [0.05, 0.1) is 61.0 Å². The van der Waals surface area contributed by atoms with E-state index in [-0.39, 0.29) is 28.3 Å². The Hall–Kier alpha value is -4.31. The predicted octanol–water partition coefficient (Wildman–Crippen LogP) is 4.78. The normalized spacial score (nSPS) is 10.6. The summed E-state index contributed by atoms with van der Waals surface area (Å²) in [5, 5.41) is 18.9. The first-order chi connectivity index (χ1) is 16.4. The molecular formula is C23H21ClN4O6. The number of ether oxygens (including phenoxy) is 3. The summed E-state index contributed by atoms with van der Waals surface area (Å²) >= 11 is 6.13. The van der Waals surface area contributed by atoms with Gasteiger partial charge in [-0.15, -0.1) is 0 Å². The summed E-state index contributed by atoms with van der Waals surface area (Å²) in [5.74, 6) is 0.492. The van der Waals surface area contributed by atoms with Gasteiger partial charge in [-0.05, 0) is 36.4 Å². The highest BCUT2D eigenvalue weighted by Crippen LogP contribution is 2.34. The third-order valence-electron chi connectivity index (χ3n) is 4.70. The molecule has 10 nitrogen and oxygen atoms in total. The lowest BCUT2D eigenvalue weighted by Gasteiger charge is -2.14. The van der Waals surface area contributed by atoms with Gasteiger partial charge in [-0.2, -0.15) is 5.10 Å². The Labute approximate surface area is 200 Å². The van der Waals surface area contributed by atoms with Crippen LogP contribution in [0.1, 0.15) is 15.9 Å². The number of nitrogens with one attached hydrogen (secondary N) is 2. The molecule has 0 aliphatic carbocycles. The average molecular weight is 485 g/mol. The van der Waals surface area contributed by atoms with Gasteiger partial charge in [-0.3, -0.25) is 14.9 Å². The third-order valence-corrected chi connectivity index (χ3v) is 4.94. The number of carbonyl (C=O) groups excluding carboxylic acids is 1. The fourth-order valence-corrected chi connectivity index (χ4v) is 3.25. The predicted molar refractivity (Wildman–Crippen MR) is 129 cm³/mol. The van der Waals surface area contributed by atoms with Gasteiger partial charge in [-0.25, -0.2) is 5.43 Å². The molecule has 0 bridgehead atoms. The van der Waals surface area contributed by atoms with Crippen molar-refractivity contribution in [2.24, 2.45) is 5.10 Å². The van der Waals surface area contributed by atoms with Crippen molar-refractivity contribution in [3.63, 3.8) is 0 Å². The molecule has 0 aromatic heterocycles. The molecule has 0 saturated carbocycles. The van der Waals surface area contributed by atoms with Crippen LogP contribution in [-0.4, -0.2) is 38.4 Å². The number of methoxy groups -OCH3 is 3. The van der Waals surface area contributed by atoms with E-state index in [1.807, 2.05) is 12.1 Å². The largest absolute Gasteiger partial charge is 0.495 e. The van der Waals surface area contributed by atoms with Crippen LogP contribution in [0.4, 0.5) is 17.1 Å². The van der Waals surface area contributed by atoms with Gasteiger partial charge in [0.1, 0.15) is 5.75 Å². The Balaban J connectivity index is 1.86. The van der Waals surface area contributed by atoms with Gasteiger partial charge >= 0.3 is 0 Å². The number of anilines is 2. The second kappa shape index (κ2) is 11.0. The van der Waals surface area contributed by atoms with Crippen LogP contribution in [0.15, 0.2) is 59.7 Å². The number of hydrogen-bond donors (Lipinski definition) is 2. The Morgan fingerprint density at radius 1 is 0.971 bits per heavy atom. The molecule has 34 heavy (non-hydrogen) atoms. The summed E-state index contributed by atoms with van der Waals surface area (Å²) < 4.78 is 15.6. The molecule has 3 rings (SSSR count). The fraction of sp³-hybridized carbons (Fsp3) is 0.130. The SMILES string of the molecule is COc1ccccc1Nc1cc(Cl)ccc1C(=O)N/N=C/c1cc(OC)c(OC)cc1[N+](=O)[O-]. The van der Waals surface area contributed by atoms with Crippen molar-refractivity contribution in [3.05, 3.63) is 80.9 Å². The van der Waals surface area contributed by atoms with E-state index in [1.165, 1.54) is 39.5 Å². The van der Waals surface area contributed by atoms with E-state index in [2.05, 4.69) is 15.8 Å². The molecule has 176 valence electrons. The average Bonchev–Trinajstić information content (AvgIpc) is 2.83. The molecular weight excluding hydrogens is 464 g/mol. The zero-order valence-electron chi connectivity index (χ0n) is 18.5. The number of nitrogens with zero attached hydrogens (tertiary/aromatic N) is 2. The molecule has 0 aliphatic rings. The van der Waals surface area contributed by atoms with Crippen LogP contribution < -0.4 is 25.0 Å². The molecule has 0 aliphatic heterocycles. The fourth-order valence-electron chi connectivity index (χ4n) is 3.08. The molecule has 0 heterocycles. The number of hydrazone groups is 1. The summed E-state index contributed by atoms with van der Waals surface area (Å²) in [7, 11) is 4.32. The van der Waals surface area contributed by atoms with Gasteiger partial charge in [0, 0.05) is 5.02 Å². The Morgan fingerprint density at radius 2 is 1.65 bits per heavy atom. The van der Waals surface area contributed by atoms with Crippen molar-refractivity contribution in [2.45, 2.75) is 0 Å². The molecule has 1 amide bonds. The second-order valence-corrected chi connectivity index (χ2v) is 7.17. The maximum Gasteiger partial charge on any atom is 0.282 e. The van der Waals surface area contributed by atoms with Crippen molar-refractivity contribution in [2.75, 3.05) is 26.6 Å². The number of carbonyl (C=O) groups is 1. The van der Waals surface area contributed by atoms with E-state index in [1.54, 1.807) is 24.3 Å². The van der Waals surface area contributed by atoms with Gasteiger partial charge in [0.25, 0.3) is 11.6 Å². The van der Waals surface area contributed by atoms with Crippen molar-refractivity contribution >= 4 is 40.8 Å². The number of halogens is 1. The molecule has 11 heteroatoms. The number of para-hydroxylation sites is 2. The maximum atomic E-state index is 12.8. The summed E-state index contributed by atoms with van der Waals surface area (Å²) in [5.41, 5.74) is 3.52. The number of rotatable bonds is 9. The van der Waals surface area contributed by atoms with Gasteiger partial charge in [0.15, 0.2) is 11.5 Å². The first-order valence-corrected chi connectivity index (χ1v) is 10.2. The number of benzene rings is 3. The number of amides is 1. The van der Waals surface area contributed by atoms with Crippen LogP contribution in [-0.2, 0) is 0 Å². The number of nitro groups is 1. The first-order valence-electron chi connectivity index (χ1n) is 9.81. The summed E-state index contributed by atoms with van der Waals surface area (Å²) in [4.78, 5) is 23.7. The lowest BCUT2D eigenvalue weighted by Crippen LogP contribution is -2.19. The second-order valence-electron chi connectivity index (χ2n) is 6.74. The molecule has 0 spiro atoms. The van der Waals surface area contributed by atoms with Crippen molar-refractivity contribution in [3.8, 4) is 17.2 Å². The Morgan fingerprint density at radius 3 is 2.32 bits per heavy atom. The Bertz CT molecular complexity index is 1250. The monoisotopic (exact) mass is 484 g/mol. The lowest BCUT2D eigenvalue weighted by atomic mass is 10.1. The first kappa shape index (κ1) is 24.3. The van der Waals surface area contributed by atoms with Crippen molar-refractivity contribution in [1.29, 1.82) is 0 Å². The van der Waals surface area contributed by atoms with Gasteiger partial charge in [-0.1, -0.05) is 23.7 Å². The molecule has 0 unspecified atom stereocenters. The summed E-state index contributed by atoms with van der Waals surface area (Å²) in [6.45, 7) is 0. The van der Waals surface area contributed by atoms with E-state index in [9.17, 15) is 14.9 Å². The zero-order valence-corrected chi connectivity index (χ0v) is 19.3. The van der Waals surface area contributed by atoms with Gasteiger partial charge < -0.3 is 19.5 Å². The molecule has 3 aromatic carbocycles. The minimum Gasteiger partial charge on any atom is -0.495 e. The zero-order chi connectivity index (χ0) is 24.7. The molecule has 2 N–H and O–H groups in total. The third kappa shape index (κ3) is 5.54. The summed E-state index contributed by atoms with van der Waals surface area (Å²) in [6, 6.07) is 14.5. The van der Waals surface area contributed by atoms with E-state index < -0.39 is 10.8 Å².